The average molecular weight is 289 g/mol. The molecule has 1 aliphatic rings. The Morgan fingerprint density at radius 3 is 2.71 bits per heavy atom. The van der Waals surface area contributed by atoms with Crippen LogP contribution in [0.2, 0.25) is 0 Å². The molecule has 1 aromatic rings. The van der Waals surface area contributed by atoms with Gasteiger partial charge in [0.1, 0.15) is 0 Å². The molecular weight excluding hydrogens is 262 g/mol. The van der Waals surface area contributed by atoms with Crippen LogP contribution in [0.1, 0.15) is 56.6 Å². The summed E-state index contributed by atoms with van der Waals surface area (Å²) in [6.07, 6.45) is 4.48. The predicted molar refractivity (Wildman–Crippen MR) is 85.2 cm³/mol. The summed E-state index contributed by atoms with van der Waals surface area (Å²) < 4.78 is 0. The van der Waals surface area contributed by atoms with Crippen molar-refractivity contribution in [3.63, 3.8) is 0 Å². The van der Waals surface area contributed by atoms with Gasteiger partial charge in [0, 0.05) is 18.4 Å². The molecule has 0 saturated carbocycles. The number of benzene rings is 1. The second-order valence-corrected chi connectivity index (χ2v) is 6.28. The number of carbonyl (C=O) groups excluding carboxylic acids is 1. The topological polar surface area (TPSA) is 49.3 Å². The lowest BCUT2D eigenvalue weighted by Crippen LogP contribution is -2.39. The first kappa shape index (κ1) is 16.0. The number of aryl methyl sites for hydroxylation is 1. The van der Waals surface area contributed by atoms with Crippen molar-refractivity contribution in [2.75, 3.05) is 13.2 Å². The molecular formula is C18H27NO2. The lowest BCUT2D eigenvalue weighted by molar-refractivity contribution is -0.122. The molecule has 0 spiro atoms. The van der Waals surface area contributed by atoms with E-state index in [0.717, 1.165) is 25.7 Å². The summed E-state index contributed by atoms with van der Waals surface area (Å²) in [6, 6.07) is 8.44. The molecule has 2 N–H and O–H groups in total. The third-order valence-corrected chi connectivity index (χ3v) is 5.18. The molecule has 0 fully saturated rings. The molecule has 116 valence electrons. The second kappa shape index (κ2) is 7.08. The Balaban J connectivity index is 1.89. The summed E-state index contributed by atoms with van der Waals surface area (Å²) in [5.74, 6) is 0.462. The molecule has 3 heteroatoms. The predicted octanol–water partition coefficient (Wildman–Crippen LogP) is 3.02. The maximum absolute atomic E-state index is 12.2. The van der Waals surface area contributed by atoms with Gasteiger partial charge < -0.3 is 10.4 Å². The standard InChI is InChI=1S/C18H27NO2/c1-3-18(4-2,13-20)12-19-17(21)11-15-10-9-14-7-5-6-8-16(14)15/h5-8,15,20H,3-4,9-13H2,1-2H3,(H,19,21). The number of rotatable bonds is 7. The molecule has 0 aromatic heterocycles. The van der Waals surface area contributed by atoms with Crippen molar-refractivity contribution in [1.29, 1.82) is 0 Å². The summed E-state index contributed by atoms with van der Waals surface area (Å²) in [5, 5.41) is 12.6. The highest BCUT2D eigenvalue weighted by molar-refractivity contribution is 5.77. The zero-order chi connectivity index (χ0) is 15.3. The number of aliphatic hydroxyl groups is 1. The van der Waals surface area contributed by atoms with E-state index in [1.54, 1.807) is 0 Å². The molecule has 1 atom stereocenters. The first-order chi connectivity index (χ1) is 10.1. The van der Waals surface area contributed by atoms with Gasteiger partial charge in [0.15, 0.2) is 0 Å². The lowest BCUT2D eigenvalue weighted by Gasteiger charge is -2.29. The fourth-order valence-corrected chi connectivity index (χ4v) is 3.22. The Kier molecular flexibility index (Phi) is 5.40. The van der Waals surface area contributed by atoms with Gasteiger partial charge in [0.05, 0.1) is 6.61 Å². The van der Waals surface area contributed by atoms with Crippen LogP contribution in [-0.2, 0) is 11.2 Å². The van der Waals surface area contributed by atoms with Crippen molar-refractivity contribution in [2.45, 2.75) is 51.9 Å². The minimum absolute atomic E-state index is 0.108. The Labute approximate surface area is 127 Å². The molecule has 0 radical (unpaired) electrons. The van der Waals surface area contributed by atoms with Gasteiger partial charge in [-0.1, -0.05) is 38.1 Å². The first-order valence-corrected chi connectivity index (χ1v) is 8.09. The van der Waals surface area contributed by atoms with Crippen LogP contribution < -0.4 is 5.32 Å². The van der Waals surface area contributed by atoms with Crippen LogP contribution in [0.5, 0.6) is 0 Å². The molecule has 1 aliphatic carbocycles. The number of aliphatic hydroxyl groups excluding tert-OH is 1. The van der Waals surface area contributed by atoms with Crippen LogP contribution in [0.3, 0.4) is 0 Å². The summed E-state index contributed by atoms with van der Waals surface area (Å²) in [5.41, 5.74) is 2.57. The van der Waals surface area contributed by atoms with E-state index >= 15 is 0 Å². The number of hydrogen-bond donors (Lipinski definition) is 2. The Bertz CT molecular complexity index is 472. The fourth-order valence-electron chi connectivity index (χ4n) is 3.22. The van der Waals surface area contributed by atoms with Gasteiger partial charge in [-0.25, -0.2) is 0 Å². The maximum atomic E-state index is 12.2. The van der Waals surface area contributed by atoms with E-state index in [1.165, 1.54) is 11.1 Å². The number of fused-ring (bicyclic) bond motifs is 1. The molecule has 1 unspecified atom stereocenters. The molecule has 0 saturated heterocycles. The van der Waals surface area contributed by atoms with E-state index in [1.807, 2.05) is 0 Å². The molecule has 1 aromatic carbocycles. The van der Waals surface area contributed by atoms with Gasteiger partial charge >= 0.3 is 0 Å². The zero-order valence-corrected chi connectivity index (χ0v) is 13.2. The molecule has 21 heavy (non-hydrogen) atoms. The van der Waals surface area contributed by atoms with Crippen molar-refractivity contribution in [2.24, 2.45) is 5.41 Å². The van der Waals surface area contributed by atoms with Crippen LogP contribution in [0.15, 0.2) is 24.3 Å². The van der Waals surface area contributed by atoms with Crippen molar-refractivity contribution in [1.82, 2.24) is 5.32 Å². The molecule has 2 rings (SSSR count). The van der Waals surface area contributed by atoms with Crippen LogP contribution >= 0.6 is 0 Å². The summed E-state index contributed by atoms with van der Waals surface area (Å²) in [6.45, 7) is 4.84. The van der Waals surface area contributed by atoms with E-state index in [9.17, 15) is 9.90 Å². The average Bonchev–Trinajstić information content (AvgIpc) is 2.93. The largest absolute Gasteiger partial charge is 0.396 e. The minimum atomic E-state index is -0.163. The number of nitrogens with one attached hydrogen (secondary N) is 1. The summed E-state index contributed by atoms with van der Waals surface area (Å²) >= 11 is 0. The van der Waals surface area contributed by atoms with Crippen molar-refractivity contribution < 1.29 is 9.90 Å². The van der Waals surface area contributed by atoms with E-state index < -0.39 is 0 Å². The second-order valence-electron chi connectivity index (χ2n) is 6.28. The number of carbonyl (C=O) groups is 1. The van der Waals surface area contributed by atoms with Crippen molar-refractivity contribution in [3.05, 3.63) is 35.4 Å². The lowest BCUT2D eigenvalue weighted by atomic mass is 9.83. The SMILES string of the molecule is CCC(CC)(CO)CNC(=O)CC1CCc2ccccc21. The van der Waals surface area contributed by atoms with Gasteiger partial charge in [-0.3, -0.25) is 4.79 Å². The Morgan fingerprint density at radius 2 is 2.05 bits per heavy atom. The molecule has 3 nitrogen and oxygen atoms in total. The zero-order valence-electron chi connectivity index (χ0n) is 13.2. The monoisotopic (exact) mass is 289 g/mol. The van der Waals surface area contributed by atoms with E-state index in [0.29, 0.717) is 18.9 Å². The molecule has 0 heterocycles. The first-order valence-electron chi connectivity index (χ1n) is 8.09. The maximum Gasteiger partial charge on any atom is 0.220 e. The quantitative estimate of drug-likeness (QED) is 0.810. The van der Waals surface area contributed by atoms with Crippen molar-refractivity contribution in [3.8, 4) is 0 Å². The van der Waals surface area contributed by atoms with Gasteiger partial charge in [-0.15, -0.1) is 0 Å². The van der Waals surface area contributed by atoms with Crippen LogP contribution in [0.4, 0.5) is 0 Å². The highest BCUT2D eigenvalue weighted by Crippen LogP contribution is 2.35. The van der Waals surface area contributed by atoms with Gasteiger partial charge in [-0.05, 0) is 42.7 Å². The highest BCUT2D eigenvalue weighted by Gasteiger charge is 2.28. The van der Waals surface area contributed by atoms with Gasteiger partial charge in [0.2, 0.25) is 5.91 Å². The van der Waals surface area contributed by atoms with E-state index in [4.69, 9.17) is 0 Å². The Hall–Kier alpha value is -1.35. The number of amides is 1. The van der Waals surface area contributed by atoms with Crippen molar-refractivity contribution >= 4 is 5.91 Å². The Morgan fingerprint density at radius 1 is 1.33 bits per heavy atom. The normalized spacial score (nSPS) is 17.6. The van der Waals surface area contributed by atoms with E-state index in [2.05, 4.69) is 43.4 Å². The highest BCUT2D eigenvalue weighted by atomic mass is 16.3. The van der Waals surface area contributed by atoms with Crippen LogP contribution in [0.25, 0.3) is 0 Å². The van der Waals surface area contributed by atoms with Crippen LogP contribution in [-0.4, -0.2) is 24.2 Å². The van der Waals surface area contributed by atoms with Gasteiger partial charge in [-0.2, -0.15) is 0 Å². The molecule has 0 bridgehead atoms. The third-order valence-electron chi connectivity index (χ3n) is 5.18. The smallest absolute Gasteiger partial charge is 0.220 e. The summed E-state index contributed by atoms with van der Waals surface area (Å²) in [4.78, 5) is 12.2. The third kappa shape index (κ3) is 3.65. The fraction of sp³-hybridized carbons (Fsp3) is 0.611. The molecule has 1 amide bonds. The van der Waals surface area contributed by atoms with Crippen LogP contribution in [0, 0.1) is 5.41 Å². The van der Waals surface area contributed by atoms with Gasteiger partial charge in [0.25, 0.3) is 0 Å². The summed E-state index contributed by atoms with van der Waals surface area (Å²) in [7, 11) is 0. The molecule has 0 aliphatic heterocycles. The number of hydrogen-bond acceptors (Lipinski definition) is 2. The minimum Gasteiger partial charge on any atom is -0.396 e. The van der Waals surface area contributed by atoms with E-state index in [-0.39, 0.29) is 17.9 Å².